The van der Waals surface area contributed by atoms with Crippen LogP contribution >= 0.6 is 0 Å². The van der Waals surface area contributed by atoms with Gasteiger partial charge in [-0.05, 0) is 62.2 Å². The zero-order valence-corrected chi connectivity index (χ0v) is 17.9. The van der Waals surface area contributed by atoms with E-state index in [0.29, 0.717) is 25.2 Å². The Kier molecular flexibility index (Phi) is 5.86. The van der Waals surface area contributed by atoms with Crippen molar-refractivity contribution < 1.29 is 29.7 Å². The summed E-state index contributed by atoms with van der Waals surface area (Å²) >= 11 is 0. The molecule has 2 bridgehead atoms. The van der Waals surface area contributed by atoms with E-state index in [4.69, 9.17) is 4.74 Å². The maximum Gasteiger partial charge on any atom is 0.332 e. The van der Waals surface area contributed by atoms with E-state index in [1.807, 2.05) is 13.8 Å². The van der Waals surface area contributed by atoms with Gasteiger partial charge < -0.3 is 25.0 Å². The van der Waals surface area contributed by atoms with Crippen molar-refractivity contribution in [3.63, 3.8) is 0 Å². The minimum absolute atomic E-state index is 0.118. The molecule has 0 unspecified atom stereocenters. The number of aliphatic hydroxyl groups excluding tert-OH is 2. The number of nitrogens with zero attached hydrogens (tertiary/aromatic N) is 1. The summed E-state index contributed by atoms with van der Waals surface area (Å²) in [6.07, 6.45) is 4.35. The molecule has 3 fully saturated rings. The first-order chi connectivity index (χ1) is 13.6. The lowest BCUT2D eigenvalue weighted by Crippen LogP contribution is -2.58. The van der Waals surface area contributed by atoms with Crippen molar-refractivity contribution in [3.05, 3.63) is 0 Å². The maximum absolute atomic E-state index is 12.1. The summed E-state index contributed by atoms with van der Waals surface area (Å²) < 4.78 is 5.76. The third-order valence-corrected chi connectivity index (χ3v) is 8.81. The molecule has 3 rings (SSSR count). The molecule has 0 aromatic rings. The standard InChI is InChI=1S/C22H35NO6/c1-13(25)5-7-21-8-6-16-9-22(16,15(21)3)17(29-18(26)11-24)10-20(4,12-23-28)19(27)14(21)2/h12,14-17,19,24,27-28H,5-11H2,1-4H3/b23-12+/t14-,15+,16-,17+,19-,20-,21+,22-/m0/s1. The molecule has 0 saturated heterocycles. The summed E-state index contributed by atoms with van der Waals surface area (Å²) in [6, 6.07) is 0. The molecule has 3 saturated carbocycles. The van der Waals surface area contributed by atoms with E-state index in [1.54, 1.807) is 6.92 Å². The Bertz CT molecular complexity index is 695. The number of Topliss-reactive ketones (excluding diaryl/α,β-unsaturated/α-hetero) is 1. The molecule has 0 radical (unpaired) electrons. The Balaban J connectivity index is 2.11. The second-order valence-electron chi connectivity index (χ2n) is 10.0. The molecule has 29 heavy (non-hydrogen) atoms. The highest BCUT2D eigenvalue weighted by Crippen LogP contribution is 2.75. The predicted molar refractivity (Wildman–Crippen MR) is 106 cm³/mol. The number of carbonyl (C=O) groups excluding carboxylic acids is 2. The van der Waals surface area contributed by atoms with E-state index < -0.39 is 30.2 Å². The smallest absolute Gasteiger partial charge is 0.332 e. The van der Waals surface area contributed by atoms with Gasteiger partial charge in [0.05, 0.1) is 12.3 Å². The van der Waals surface area contributed by atoms with Crippen LogP contribution in [0.15, 0.2) is 5.16 Å². The number of esters is 1. The van der Waals surface area contributed by atoms with E-state index in [-0.39, 0.29) is 28.4 Å². The van der Waals surface area contributed by atoms with Gasteiger partial charge in [0.1, 0.15) is 18.5 Å². The molecule has 0 heterocycles. The second-order valence-corrected chi connectivity index (χ2v) is 10.0. The highest BCUT2D eigenvalue weighted by Gasteiger charge is 2.72. The van der Waals surface area contributed by atoms with Crippen molar-refractivity contribution >= 4 is 18.0 Å². The molecule has 8 atom stereocenters. The lowest BCUT2D eigenvalue weighted by atomic mass is 9.48. The molecule has 3 aliphatic carbocycles. The predicted octanol–water partition coefficient (Wildman–Crippen LogP) is 2.55. The number of carbonyl (C=O) groups is 2. The van der Waals surface area contributed by atoms with Gasteiger partial charge in [-0.1, -0.05) is 20.8 Å². The van der Waals surface area contributed by atoms with Crippen LogP contribution in [0.4, 0.5) is 0 Å². The van der Waals surface area contributed by atoms with Crippen LogP contribution in [0.1, 0.15) is 66.2 Å². The van der Waals surface area contributed by atoms with Gasteiger partial charge in [0.25, 0.3) is 0 Å². The number of ether oxygens (including phenoxy) is 1. The highest BCUT2D eigenvalue weighted by molar-refractivity contribution is 5.75. The molecule has 7 heteroatoms. The average Bonchev–Trinajstić information content (AvgIpc) is 3.42. The first-order valence-electron chi connectivity index (χ1n) is 10.7. The maximum atomic E-state index is 12.1. The van der Waals surface area contributed by atoms with Crippen molar-refractivity contribution in [2.45, 2.75) is 78.4 Å². The van der Waals surface area contributed by atoms with Crippen molar-refractivity contribution in [1.29, 1.82) is 0 Å². The minimum atomic E-state index is -0.895. The monoisotopic (exact) mass is 409 g/mol. The van der Waals surface area contributed by atoms with Gasteiger partial charge in [-0.15, -0.1) is 5.16 Å². The summed E-state index contributed by atoms with van der Waals surface area (Å²) in [5.74, 6) is -0.0754. The number of fused-ring (bicyclic) bond motifs is 1. The average molecular weight is 410 g/mol. The normalized spacial score (nSPS) is 46.5. The van der Waals surface area contributed by atoms with Gasteiger partial charge in [-0.25, -0.2) is 4.79 Å². The van der Waals surface area contributed by atoms with Crippen molar-refractivity contribution in [2.75, 3.05) is 6.61 Å². The molecule has 0 aliphatic heterocycles. The van der Waals surface area contributed by atoms with E-state index >= 15 is 0 Å². The van der Waals surface area contributed by atoms with Gasteiger partial charge in [0.15, 0.2) is 0 Å². The molecule has 164 valence electrons. The number of rotatable bonds is 6. The van der Waals surface area contributed by atoms with Gasteiger partial charge in [0.2, 0.25) is 0 Å². The molecule has 1 spiro atoms. The lowest BCUT2D eigenvalue weighted by Gasteiger charge is -2.58. The molecule has 3 aliphatic rings. The molecule has 3 N–H and O–H groups in total. The van der Waals surface area contributed by atoms with Crippen LogP contribution in [0.25, 0.3) is 0 Å². The molecule has 0 aromatic heterocycles. The third kappa shape index (κ3) is 3.40. The van der Waals surface area contributed by atoms with Gasteiger partial charge in [-0.2, -0.15) is 0 Å². The van der Waals surface area contributed by atoms with Crippen LogP contribution in [-0.4, -0.2) is 52.2 Å². The fourth-order valence-corrected chi connectivity index (χ4v) is 6.94. The van der Waals surface area contributed by atoms with E-state index in [0.717, 1.165) is 19.3 Å². The second kappa shape index (κ2) is 7.65. The quantitative estimate of drug-likeness (QED) is 0.269. The number of hydrogen-bond donors (Lipinski definition) is 3. The van der Waals surface area contributed by atoms with E-state index in [1.165, 1.54) is 6.21 Å². The molecular formula is C22H35NO6. The zero-order valence-electron chi connectivity index (χ0n) is 17.9. The van der Waals surface area contributed by atoms with Gasteiger partial charge in [-0.3, -0.25) is 0 Å². The summed E-state index contributed by atoms with van der Waals surface area (Å²) in [4.78, 5) is 23.9. The van der Waals surface area contributed by atoms with E-state index in [9.17, 15) is 25.0 Å². The Morgan fingerprint density at radius 3 is 2.55 bits per heavy atom. The molecular weight excluding hydrogens is 374 g/mol. The lowest BCUT2D eigenvalue weighted by molar-refractivity contribution is -0.181. The largest absolute Gasteiger partial charge is 0.460 e. The first kappa shape index (κ1) is 22.2. The van der Waals surface area contributed by atoms with Crippen LogP contribution in [-0.2, 0) is 14.3 Å². The zero-order chi connectivity index (χ0) is 21.6. The molecule has 7 nitrogen and oxygen atoms in total. The van der Waals surface area contributed by atoms with Gasteiger partial charge in [0, 0.05) is 17.3 Å². The Hall–Kier alpha value is -1.47. The fourth-order valence-electron chi connectivity index (χ4n) is 6.94. The van der Waals surface area contributed by atoms with Crippen molar-refractivity contribution in [3.8, 4) is 0 Å². The topological polar surface area (TPSA) is 116 Å². The SMILES string of the molecule is CC(=O)CC[C@]12CC[C@H]3C[C@@]3([C@@H]1C)[C@H](OC(=O)CO)C[C@@](C)(/C=N/O)[C@@H](O)[C@@H]2C. The van der Waals surface area contributed by atoms with Gasteiger partial charge >= 0.3 is 5.97 Å². The van der Waals surface area contributed by atoms with Crippen molar-refractivity contribution in [2.24, 2.45) is 39.2 Å². The first-order valence-corrected chi connectivity index (χ1v) is 10.7. The van der Waals surface area contributed by atoms with Crippen LogP contribution in [0, 0.1) is 34.0 Å². The van der Waals surface area contributed by atoms with Crippen LogP contribution in [0.5, 0.6) is 0 Å². The van der Waals surface area contributed by atoms with Crippen molar-refractivity contribution in [1.82, 2.24) is 0 Å². The summed E-state index contributed by atoms with van der Waals surface area (Å²) in [5.41, 5.74) is -1.39. The summed E-state index contributed by atoms with van der Waals surface area (Å²) in [7, 11) is 0. The number of aliphatic hydroxyl groups is 2. The minimum Gasteiger partial charge on any atom is -0.460 e. The third-order valence-electron chi connectivity index (χ3n) is 8.81. The Morgan fingerprint density at radius 1 is 1.28 bits per heavy atom. The fraction of sp³-hybridized carbons (Fsp3) is 0.864. The summed E-state index contributed by atoms with van der Waals surface area (Å²) in [6.45, 7) is 6.96. The molecule has 0 amide bonds. The number of oxime groups is 1. The summed E-state index contributed by atoms with van der Waals surface area (Å²) in [5, 5.41) is 33.2. The highest BCUT2D eigenvalue weighted by atomic mass is 16.6. The molecule has 0 aromatic carbocycles. The Morgan fingerprint density at radius 2 is 1.97 bits per heavy atom. The number of hydrogen-bond acceptors (Lipinski definition) is 7. The van der Waals surface area contributed by atoms with E-state index in [2.05, 4.69) is 12.1 Å². The van der Waals surface area contributed by atoms with Crippen LogP contribution in [0.3, 0.4) is 0 Å². The number of ketones is 1. The van der Waals surface area contributed by atoms with Crippen LogP contribution in [0.2, 0.25) is 0 Å². The van der Waals surface area contributed by atoms with Crippen LogP contribution < -0.4 is 0 Å². The Labute approximate surface area is 172 Å².